The van der Waals surface area contributed by atoms with Gasteiger partial charge in [-0.3, -0.25) is 9.59 Å². The number of amides is 2. The molecular formula is C22H26ClN3O2. The third kappa shape index (κ3) is 4.47. The largest absolute Gasteiger partial charge is 0.368 e. The van der Waals surface area contributed by atoms with E-state index in [4.69, 9.17) is 11.6 Å². The lowest BCUT2D eigenvalue weighted by molar-refractivity contribution is -0.146. The molecule has 2 aromatic carbocycles. The van der Waals surface area contributed by atoms with Crippen molar-refractivity contribution in [2.75, 3.05) is 36.4 Å². The summed E-state index contributed by atoms with van der Waals surface area (Å²) >= 11 is 5.97. The Balaban J connectivity index is 1.62. The maximum Gasteiger partial charge on any atom is 0.239 e. The number of carbonyl (C=O) groups excluding carboxylic acids is 2. The SMILES string of the molecule is Cc1cccc(N2CCN(C(=O)C(C)(C)C(=O)Nc3cccc(Cl)c3)CC2)c1. The Morgan fingerprint density at radius 3 is 2.32 bits per heavy atom. The van der Waals surface area contributed by atoms with Crippen molar-refractivity contribution in [2.45, 2.75) is 20.8 Å². The van der Waals surface area contributed by atoms with E-state index >= 15 is 0 Å². The number of hydrogen-bond donors (Lipinski definition) is 1. The zero-order valence-corrected chi connectivity index (χ0v) is 17.3. The van der Waals surface area contributed by atoms with Crippen LogP contribution >= 0.6 is 11.6 Å². The van der Waals surface area contributed by atoms with Crippen molar-refractivity contribution in [1.82, 2.24) is 4.90 Å². The van der Waals surface area contributed by atoms with Crippen LogP contribution < -0.4 is 10.2 Å². The minimum atomic E-state index is -1.16. The fourth-order valence-electron chi connectivity index (χ4n) is 3.34. The Morgan fingerprint density at radius 2 is 1.68 bits per heavy atom. The van der Waals surface area contributed by atoms with Gasteiger partial charge in [-0.25, -0.2) is 0 Å². The van der Waals surface area contributed by atoms with Crippen LogP contribution in [-0.4, -0.2) is 42.9 Å². The molecule has 0 unspecified atom stereocenters. The summed E-state index contributed by atoms with van der Waals surface area (Å²) in [5, 5.41) is 3.34. The zero-order chi connectivity index (χ0) is 20.3. The molecule has 148 valence electrons. The molecule has 1 heterocycles. The van der Waals surface area contributed by atoms with Crippen LogP contribution in [0.5, 0.6) is 0 Å². The summed E-state index contributed by atoms with van der Waals surface area (Å²) < 4.78 is 0. The second-order valence-corrected chi connectivity index (χ2v) is 8.14. The Labute approximate surface area is 171 Å². The fourth-order valence-corrected chi connectivity index (χ4v) is 3.53. The van der Waals surface area contributed by atoms with Gasteiger partial charge in [0.2, 0.25) is 11.8 Å². The van der Waals surface area contributed by atoms with Gasteiger partial charge in [0.25, 0.3) is 0 Å². The van der Waals surface area contributed by atoms with Gasteiger partial charge in [0.1, 0.15) is 5.41 Å². The Bertz CT molecular complexity index is 874. The number of anilines is 2. The number of halogens is 1. The lowest BCUT2D eigenvalue weighted by Gasteiger charge is -2.39. The molecule has 1 aliphatic heterocycles. The van der Waals surface area contributed by atoms with E-state index in [9.17, 15) is 9.59 Å². The third-order valence-electron chi connectivity index (χ3n) is 5.12. The maximum absolute atomic E-state index is 13.0. The summed E-state index contributed by atoms with van der Waals surface area (Å²) in [5.41, 5.74) is 1.82. The molecule has 1 fully saturated rings. The Hall–Kier alpha value is -2.53. The number of benzene rings is 2. The molecule has 0 aromatic heterocycles. The molecule has 1 N–H and O–H groups in total. The van der Waals surface area contributed by atoms with Gasteiger partial charge in [0, 0.05) is 42.6 Å². The molecule has 0 atom stereocenters. The number of rotatable bonds is 4. The number of carbonyl (C=O) groups is 2. The monoisotopic (exact) mass is 399 g/mol. The topological polar surface area (TPSA) is 52.7 Å². The highest BCUT2D eigenvalue weighted by Crippen LogP contribution is 2.25. The van der Waals surface area contributed by atoms with Crippen molar-refractivity contribution < 1.29 is 9.59 Å². The van der Waals surface area contributed by atoms with Crippen LogP contribution in [-0.2, 0) is 9.59 Å². The smallest absolute Gasteiger partial charge is 0.239 e. The molecule has 1 aliphatic rings. The van der Waals surface area contributed by atoms with Crippen molar-refractivity contribution in [3.8, 4) is 0 Å². The molecule has 1 saturated heterocycles. The van der Waals surface area contributed by atoms with E-state index < -0.39 is 5.41 Å². The fraction of sp³-hybridized carbons (Fsp3) is 0.364. The molecule has 0 saturated carbocycles. The van der Waals surface area contributed by atoms with Gasteiger partial charge in [-0.15, -0.1) is 0 Å². The highest BCUT2D eigenvalue weighted by atomic mass is 35.5. The minimum Gasteiger partial charge on any atom is -0.368 e. The molecular weight excluding hydrogens is 374 g/mol. The van der Waals surface area contributed by atoms with Gasteiger partial charge >= 0.3 is 0 Å². The van der Waals surface area contributed by atoms with E-state index in [0.717, 1.165) is 13.1 Å². The Morgan fingerprint density at radius 1 is 1.00 bits per heavy atom. The lowest BCUT2D eigenvalue weighted by atomic mass is 9.89. The second kappa shape index (κ2) is 8.23. The lowest BCUT2D eigenvalue weighted by Crippen LogP contribution is -2.54. The molecule has 0 aliphatic carbocycles. The standard InChI is InChI=1S/C22H26ClN3O2/c1-16-6-4-9-19(14-16)25-10-12-26(13-11-25)21(28)22(2,3)20(27)24-18-8-5-7-17(23)15-18/h4-9,14-15H,10-13H2,1-3H3,(H,24,27). The van der Waals surface area contributed by atoms with Crippen molar-refractivity contribution in [3.05, 3.63) is 59.1 Å². The first-order valence-electron chi connectivity index (χ1n) is 9.45. The van der Waals surface area contributed by atoms with E-state index in [-0.39, 0.29) is 11.8 Å². The second-order valence-electron chi connectivity index (χ2n) is 7.71. The summed E-state index contributed by atoms with van der Waals surface area (Å²) in [6.45, 7) is 8.11. The number of aryl methyl sites for hydroxylation is 1. The van der Waals surface area contributed by atoms with Crippen LogP contribution in [0.25, 0.3) is 0 Å². The molecule has 5 nitrogen and oxygen atoms in total. The zero-order valence-electron chi connectivity index (χ0n) is 16.5. The maximum atomic E-state index is 13.0. The van der Waals surface area contributed by atoms with E-state index in [2.05, 4.69) is 35.3 Å². The van der Waals surface area contributed by atoms with Crippen molar-refractivity contribution in [1.29, 1.82) is 0 Å². The van der Waals surface area contributed by atoms with Gasteiger partial charge in [0.05, 0.1) is 0 Å². The summed E-state index contributed by atoms with van der Waals surface area (Å²) in [5.74, 6) is -0.489. The first kappa shape index (κ1) is 20.2. The minimum absolute atomic E-state index is 0.157. The summed E-state index contributed by atoms with van der Waals surface area (Å²) in [6.07, 6.45) is 0. The highest BCUT2D eigenvalue weighted by molar-refractivity contribution is 6.31. The Kier molecular flexibility index (Phi) is 5.94. The van der Waals surface area contributed by atoms with Gasteiger partial charge < -0.3 is 15.1 Å². The number of nitrogens with zero attached hydrogens (tertiary/aromatic N) is 2. The normalized spacial score (nSPS) is 14.7. The first-order chi connectivity index (χ1) is 13.3. The van der Waals surface area contributed by atoms with Crippen LogP contribution in [0.4, 0.5) is 11.4 Å². The molecule has 0 bridgehead atoms. The van der Waals surface area contributed by atoms with Gasteiger partial charge in [-0.2, -0.15) is 0 Å². The molecule has 0 spiro atoms. The van der Waals surface area contributed by atoms with Crippen LogP contribution in [0.2, 0.25) is 5.02 Å². The van der Waals surface area contributed by atoms with Gasteiger partial charge in [-0.05, 0) is 56.7 Å². The van der Waals surface area contributed by atoms with E-state index in [1.165, 1.54) is 11.3 Å². The predicted octanol–water partition coefficient (Wildman–Crippen LogP) is 3.96. The third-order valence-corrected chi connectivity index (χ3v) is 5.35. The summed E-state index contributed by atoms with van der Waals surface area (Å²) in [7, 11) is 0. The van der Waals surface area contributed by atoms with Gasteiger partial charge in [-0.1, -0.05) is 29.8 Å². The van der Waals surface area contributed by atoms with Crippen LogP contribution in [0, 0.1) is 12.3 Å². The van der Waals surface area contributed by atoms with Crippen molar-refractivity contribution in [2.24, 2.45) is 5.41 Å². The quantitative estimate of drug-likeness (QED) is 0.791. The molecule has 3 rings (SSSR count). The van der Waals surface area contributed by atoms with Crippen molar-refractivity contribution >= 4 is 34.8 Å². The molecule has 2 amide bonds. The number of hydrogen-bond acceptors (Lipinski definition) is 3. The van der Waals surface area contributed by atoms with E-state index in [1.807, 2.05) is 6.07 Å². The first-order valence-corrected chi connectivity index (χ1v) is 9.83. The highest BCUT2D eigenvalue weighted by Gasteiger charge is 2.40. The van der Waals surface area contributed by atoms with Crippen LogP contribution in [0.15, 0.2) is 48.5 Å². The average molecular weight is 400 g/mol. The number of piperazine rings is 1. The van der Waals surface area contributed by atoms with Crippen LogP contribution in [0.1, 0.15) is 19.4 Å². The van der Waals surface area contributed by atoms with Gasteiger partial charge in [0.15, 0.2) is 0 Å². The van der Waals surface area contributed by atoms with Crippen molar-refractivity contribution in [3.63, 3.8) is 0 Å². The average Bonchev–Trinajstić information content (AvgIpc) is 2.67. The summed E-state index contributed by atoms with van der Waals surface area (Å²) in [4.78, 5) is 29.8. The van der Waals surface area contributed by atoms with E-state index in [0.29, 0.717) is 23.8 Å². The van der Waals surface area contributed by atoms with E-state index in [1.54, 1.807) is 43.0 Å². The molecule has 28 heavy (non-hydrogen) atoms. The summed E-state index contributed by atoms with van der Waals surface area (Å²) in [6, 6.07) is 15.3. The molecule has 0 radical (unpaired) electrons. The predicted molar refractivity (Wildman–Crippen MR) is 114 cm³/mol. The molecule has 2 aromatic rings. The van der Waals surface area contributed by atoms with Crippen LogP contribution in [0.3, 0.4) is 0 Å². The molecule has 6 heteroatoms. The number of nitrogens with one attached hydrogen (secondary N) is 1.